The van der Waals surface area contributed by atoms with Crippen LogP contribution >= 0.6 is 0 Å². The maximum atomic E-state index is 5.93. The van der Waals surface area contributed by atoms with Crippen LogP contribution < -0.4 is 15.4 Å². The lowest BCUT2D eigenvalue weighted by Gasteiger charge is -2.34. The van der Waals surface area contributed by atoms with E-state index in [1.54, 1.807) is 0 Å². The minimum absolute atomic E-state index is 0.192. The number of guanidine groups is 1. The van der Waals surface area contributed by atoms with Crippen LogP contribution in [-0.2, 0) is 11.3 Å². The molecular formula is C21H36N4O2. The quantitative estimate of drug-likeness (QED) is 0.512. The van der Waals surface area contributed by atoms with Crippen LogP contribution in [0.5, 0.6) is 5.75 Å². The first-order chi connectivity index (χ1) is 13.1. The van der Waals surface area contributed by atoms with Crippen LogP contribution in [0.3, 0.4) is 0 Å². The maximum Gasteiger partial charge on any atom is 0.191 e. The molecule has 1 aliphatic rings. The molecule has 1 heterocycles. The lowest BCUT2D eigenvalue weighted by molar-refractivity contribution is -0.0284. The van der Waals surface area contributed by atoms with Crippen LogP contribution in [-0.4, -0.2) is 62.9 Å². The van der Waals surface area contributed by atoms with Gasteiger partial charge in [-0.15, -0.1) is 0 Å². The van der Waals surface area contributed by atoms with Gasteiger partial charge in [0.1, 0.15) is 5.75 Å². The third kappa shape index (κ3) is 7.77. The van der Waals surface area contributed by atoms with Gasteiger partial charge >= 0.3 is 0 Å². The van der Waals surface area contributed by atoms with Gasteiger partial charge in [-0.05, 0) is 25.8 Å². The molecule has 27 heavy (non-hydrogen) atoms. The Balaban J connectivity index is 1.90. The number of nitrogens with one attached hydrogen (secondary N) is 2. The van der Waals surface area contributed by atoms with Crippen molar-refractivity contribution in [3.8, 4) is 5.75 Å². The van der Waals surface area contributed by atoms with Crippen molar-refractivity contribution in [1.29, 1.82) is 0 Å². The van der Waals surface area contributed by atoms with Crippen molar-refractivity contribution in [2.45, 2.75) is 40.3 Å². The molecule has 6 nitrogen and oxygen atoms in total. The van der Waals surface area contributed by atoms with Crippen LogP contribution in [0.4, 0.5) is 0 Å². The fraction of sp³-hybridized carbons (Fsp3) is 0.667. The SMILES string of the molecule is CCNC(=NCc1ccccc1OCC)NCC1CN(CC(C)C)CCO1. The van der Waals surface area contributed by atoms with E-state index < -0.39 is 0 Å². The van der Waals surface area contributed by atoms with E-state index in [1.165, 1.54) is 0 Å². The Morgan fingerprint density at radius 2 is 2.11 bits per heavy atom. The number of aliphatic imine (C=N–C) groups is 1. The van der Waals surface area contributed by atoms with Crippen molar-refractivity contribution in [3.63, 3.8) is 0 Å². The Kier molecular flexibility index (Phi) is 9.42. The average molecular weight is 377 g/mol. The van der Waals surface area contributed by atoms with Gasteiger partial charge in [0.25, 0.3) is 0 Å². The highest BCUT2D eigenvalue weighted by Gasteiger charge is 2.21. The van der Waals surface area contributed by atoms with Crippen molar-refractivity contribution >= 4 is 5.96 Å². The number of rotatable bonds is 9. The zero-order chi connectivity index (χ0) is 19.5. The van der Waals surface area contributed by atoms with E-state index in [4.69, 9.17) is 14.5 Å². The molecule has 0 radical (unpaired) electrons. The zero-order valence-electron chi connectivity index (χ0n) is 17.3. The normalized spacial score (nSPS) is 18.6. The molecule has 6 heteroatoms. The largest absolute Gasteiger partial charge is 0.494 e. The third-order valence-electron chi connectivity index (χ3n) is 4.37. The molecule has 1 atom stereocenters. The molecule has 2 rings (SSSR count). The van der Waals surface area contributed by atoms with Gasteiger partial charge in [0, 0.05) is 38.3 Å². The Morgan fingerprint density at radius 1 is 1.30 bits per heavy atom. The second-order valence-corrected chi connectivity index (χ2v) is 7.26. The highest BCUT2D eigenvalue weighted by Crippen LogP contribution is 2.18. The van der Waals surface area contributed by atoms with E-state index in [2.05, 4.69) is 42.4 Å². The number of nitrogens with zero attached hydrogens (tertiary/aromatic N) is 2. The van der Waals surface area contributed by atoms with Crippen LogP contribution in [0.25, 0.3) is 0 Å². The molecule has 0 bridgehead atoms. The summed E-state index contributed by atoms with van der Waals surface area (Å²) in [5.41, 5.74) is 1.09. The molecule has 0 aromatic heterocycles. The van der Waals surface area contributed by atoms with E-state index in [9.17, 15) is 0 Å². The van der Waals surface area contributed by atoms with E-state index in [0.717, 1.165) is 56.6 Å². The highest BCUT2D eigenvalue weighted by molar-refractivity contribution is 5.79. The van der Waals surface area contributed by atoms with E-state index >= 15 is 0 Å². The summed E-state index contributed by atoms with van der Waals surface area (Å²) in [6.07, 6.45) is 0.192. The molecule has 1 fully saturated rings. The van der Waals surface area contributed by atoms with E-state index in [0.29, 0.717) is 19.1 Å². The fourth-order valence-electron chi connectivity index (χ4n) is 3.23. The van der Waals surface area contributed by atoms with Gasteiger partial charge in [-0.25, -0.2) is 4.99 Å². The Morgan fingerprint density at radius 3 is 2.85 bits per heavy atom. The number of hydrogen-bond acceptors (Lipinski definition) is 4. The van der Waals surface area contributed by atoms with Gasteiger partial charge in [-0.3, -0.25) is 4.90 Å². The second kappa shape index (κ2) is 11.8. The third-order valence-corrected chi connectivity index (χ3v) is 4.37. The number of ether oxygens (including phenoxy) is 2. The first kappa shape index (κ1) is 21.5. The summed E-state index contributed by atoms with van der Waals surface area (Å²) in [6.45, 7) is 15.3. The number of benzene rings is 1. The van der Waals surface area contributed by atoms with Crippen molar-refractivity contribution in [2.75, 3.05) is 45.9 Å². The van der Waals surface area contributed by atoms with Gasteiger partial charge in [-0.2, -0.15) is 0 Å². The molecule has 1 saturated heterocycles. The Hall–Kier alpha value is -1.79. The Labute approximate surface area is 164 Å². The van der Waals surface area contributed by atoms with Crippen LogP contribution in [0, 0.1) is 5.92 Å². The van der Waals surface area contributed by atoms with Crippen LogP contribution in [0.15, 0.2) is 29.3 Å². The van der Waals surface area contributed by atoms with E-state index in [1.807, 2.05) is 25.1 Å². The summed E-state index contributed by atoms with van der Waals surface area (Å²) in [5, 5.41) is 6.75. The molecule has 1 aromatic carbocycles. The predicted molar refractivity (Wildman–Crippen MR) is 111 cm³/mol. The summed E-state index contributed by atoms with van der Waals surface area (Å²) in [7, 11) is 0. The van der Waals surface area contributed by atoms with Gasteiger partial charge in [0.2, 0.25) is 0 Å². The van der Waals surface area contributed by atoms with Crippen LogP contribution in [0.1, 0.15) is 33.3 Å². The van der Waals surface area contributed by atoms with E-state index in [-0.39, 0.29) is 6.10 Å². The topological polar surface area (TPSA) is 58.1 Å². The summed E-state index contributed by atoms with van der Waals surface area (Å²) in [5.74, 6) is 2.40. The second-order valence-electron chi connectivity index (χ2n) is 7.26. The van der Waals surface area contributed by atoms with Gasteiger partial charge < -0.3 is 20.1 Å². The van der Waals surface area contributed by atoms with Gasteiger partial charge in [0.05, 0.1) is 25.9 Å². The molecule has 2 N–H and O–H groups in total. The maximum absolute atomic E-state index is 5.93. The molecule has 0 amide bonds. The molecule has 152 valence electrons. The molecule has 0 saturated carbocycles. The van der Waals surface area contributed by atoms with Crippen LogP contribution in [0.2, 0.25) is 0 Å². The van der Waals surface area contributed by atoms with Gasteiger partial charge in [-0.1, -0.05) is 32.0 Å². The molecule has 1 aromatic rings. The predicted octanol–water partition coefficient (Wildman–Crippen LogP) is 2.50. The van der Waals surface area contributed by atoms with Crippen molar-refractivity contribution in [3.05, 3.63) is 29.8 Å². The number of hydrogen-bond donors (Lipinski definition) is 2. The average Bonchev–Trinajstić information content (AvgIpc) is 2.65. The molecule has 1 unspecified atom stereocenters. The minimum Gasteiger partial charge on any atom is -0.494 e. The first-order valence-corrected chi connectivity index (χ1v) is 10.2. The smallest absolute Gasteiger partial charge is 0.191 e. The van der Waals surface area contributed by atoms with Crippen molar-refractivity contribution in [2.24, 2.45) is 10.9 Å². The zero-order valence-corrected chi connectivity index (χ0v) is 17.3. The molecule has 0 spiro atoms. The summed E-state index contributed by atoms with van der Waals surface area (Å²) >= 11 is 0. The van der Waals surface area contributed by atoms with Gasteiger partial charge in [0.15, 0.2) is 5.96 Å². The summed E-state index contributed by atoms with van der Waals surface area (Å²) in [6, 6.07) is 8.07. The summed E-state index contributed by atoms with van der Waals surface area (Å²) in [4.78, 5) is 7.21. The molecule has 1 aliphatic heterocycles. The standard InChI is InChI=1S/C21H36N4O2/c1-5-22-21(23-13-18-9-7-8-10-20(18)26-6-2)24-14-19-16-25(11-12-27-19)15-17(3)4/h7-10,17,19H,5-6,11-16H2,1-4H3,(H2,22,23,24). The fourth-order valence-corrected chi connectivity index (χ4v) is 3.23. The number of para-hydroxylation sites is 1. The monoisotopic (exact) mass is 376 g/mol. The highest BCUT2D eigenvalue weighted by atomic mass is 16.5. The van der Waals surface area contributed by atoms with Crippen molar-refractivity contribution < 1.29 is 9.47 Å². The first-order valence-electron chi connectivity index (χ1n) is 10.2. The number of morpholine rings is 1. The molecular weight excluding hydrogens is 340 g/mol. The lowest BCUT2D eigenvalue weighted by atomic mass is 10.2. The minimum atomic E-state index is 0.192. The summed E-state index contributed by atoms with van der Waals surface area (Å²) < 4.78 is 11.6. The molecule has 0 aliphatic carbocycles. The lowest BCUT2D eigenvalue weighted by Crippen LogP contribution is -2.50. The Bertz CT molecular complexity index is 577. The van der Waals surface area contributed by atoms with Crippen molar-refractivity contribution in [1.82, 2.24) is 15.5 Å².